The standard InChI is InChI=1S/C15H18N4O/c1-10(2)14(12-6-4-5-7-16-12)19-15(20)13-9-17-11(3)8-18-13/h4-10,14H,1-3H3,(H,19,20). The molecular weight excluding hydrogens is 252 g/mol. The molecule has 20 heavy (non-hydrogen) atoms. The number of aromatic nitrogens is 3. The lowest BCUT2D eigenvalue weighted by molar-refractivity contribution is 0.0919. The van der Waals surface area contributed by atoms with Crippen LogP contribution in [-0.2, 0) is 0 Å². The average molecular weight is 270 g/mol. The monoisotopic (exact) mass is 270 g/mol. The first-order valence-electron chi connectivity index (χ1n) is 6.58. The lowest BCUT2D eigenvalue weighted by Crippen LogP contribution is -2.32. The van der Waals surface area contributed by atoms with Crippen LogP contribution >= 0.6 is 0 Å². The fourth-order valence-corrected chi connectivity index (χ4v) is 1.87. The molecule has 2 heterocycles. The molecule has 0 fully saturated rings. The normalized spacial score (nSPS) is 12.2. The Bertz CT molecular complexity index is 566. The van der Waals surface area contributed by atoms with Crippen molar-refractivity contribution in [2.24, 2.45) is 5.92 Å². The minimum Gasteiger partial charge on any atom is -0.342 e. The van der Waals surface area contributed by atoms with Gasteiger partial charge in [-0.1, -0.05) is 19.9 Å². The molecule has 104 valence electrons. The van der Waals surface area contributed by atoms with Crippen molar-refractivity contribution < 1.29 is 4.79 Å². The number of hydrogen-bond acceptors (Lipinski definition) is 4. The summed E-state index contributed by atoms with van der Waals surface area (Å²) in [4.78, 5) is 24.7. The first-order chi connectivity index (χ1) is 9.58. The van der Waals surface area contributed by atoms with Crippen molar-refractivity contribution in [3.63, 3.8) is 0 Å². The maximum atomic E-state index is 12.2. The topological polar surface area (TPSA) is 67.8 Å². The molecule has 0 spiro atoms. The van der Waals surface area contributed by atoms with E-state index < -0.39 is 0 Å². The molecule has 0 radical (unpaired) electrons. The zero-order valence-corrected chi connectivity index (χ0v) is 11.9. The Labute approximate surface area is 118 Å². The quantitative estimate of drug-likeness (QED) is 0.925. The number of carbonyl (C=O) groups excluding carboxylic acids is 1. The van der Waals surface area contributed by atoms with Gasteiger partial charge in [0.05, 0.1) is 23.6 Å². The van der Waals surface area contributed by atoms with Crippen LogP contribution in [0.4, 0.5) is 0 Å². The van der Waals surface area contributed by atoms with Gasteiger partial charge in [-0.05, 0) is 25.0 Å². The summed E-state index contributed by atoms with van der Waals surface area (Å²) in [5.41, 5.74) is 1.94. The predicted octanol–water partition coefficient (Wildman–Crippen LogP) is 2.31. The van der Waals surface area contributed by atoms with Gasteiger partial charge in [0.25, 0.3) is 5.91 Å². The third-order valence-corrected chi connectivity index (χ3v) is 2.97. The van der Waals surface area contributed by atoms with E-state index in [4.69, 9.17) is 0 Å². The molecule has 2 rings (SSSR count). The van der Waals surface area contributed by atoms with Crippen molar-refractivity contribution in [1.82, 2.24) is 20.3 Å². The van der Waals surface area contributed by atoms with Crippen molar-refractivity contribution >= 4 is 5.91 Å². The van der Waals surface area contributed by atoms with Gasteiger partial charge in [-0.3, -0.25) is 14.8 Å². The van der Waals surface area contributed by atoms with Gasteiger partial charge in [-0.25, -0.2) is 4.98 Å². The summed E-state index contributed by atoms with van der Waals surface area (Å²) in [6.45, 7) is 5.92. The molecule has 2 aromatic heterocycles. The van der Waals surface area contributed by atoms with Gasteiger partial charge in [-0.2, -0.15) is 0 Å². The summed E-state index contributed by atoms with van der Waals surface area (Å²) < 4.78 is 0. The molecule has 2 aromatic rings. The molecule has 1 atom stereocenters. The third-order valence-electron chi connectivity index (χ3n) is 2.97. The third kappa shape index (κ3) is 3.38. The summed E-state index contributed by atoms with van der Waals surface area (Å²) in [6, 6.07) is 5.53. The Morgan fingerprint density at radius 1 is 1.15 bits per heavy atom. The minimum atomic E-state index is -0.234. The predicted molar refractivity (Wildman–Crippen MR) is 76.1 cm³/mol. The number of pyridine rings is 1. The fraction of sp³-hybridized carbons (Fsp3) is 0.333. The van der Waals surface area contributed by atoms with Crippen LogP contribution in [0, 0.1) is 12.8 Å². The lowest BCUT2D eigenvalue weighted by atomic mass is 10.00. The summed E-state index contributed by atoms with van der Waals surface area (Å²) in [5, 5.41) is 2.96. The van der Waals surface area contributed by atoms with Gasteiger partial charge in [-0.15, -0.1) is 0 Å². The maximum absolute atomic E-state index is 12.2. The molecule has 0 aromatic carbocycles. The number of rotatable bonds is 4. The van der Waals surface area contributed by atoms with E-state index in [9.17, 15) is 4.79 Å². The van der Waals surface area contributed by atoms with Crippen LogP contribution in [0.5, 0.6) is 0 Å². The van der Waals surface area contributed by atoms with Crippen LogP contribution in [-0.4, -0.2) is 20.9 Å². The molecule has 0 aliphatic heterocycles. The Morgan fingerprint density at radius 3 is 2.50 bits per heavy atom. The first-order valence-corrected chi connectivity index (χ1v) is 6.58. The van der Waals surface area contributed by atoms with Crippen molar-refractivity contribution in [2.45, 2.75) is 26.8 Å². The Kier molecular flexibility index (Phi) is 4.40. The van der Waals surface area contributed by atoms with E-state index in [1.165, 1.54) is 6.20 Å². The van der Waals surface area contributed by atoms with Gasteiger partial charge >= 0.3 is 0 Å². The van der Waals surface area contributed by atoms with Crippen LogP contribution in [0.3, 0.4) is 0 Å². The maximum Gasteiger partial charge on any atom is 0.272 e. The molecule has 0 aliphatic rings. The number of aryl methyl sites for hydroxylation is 1. The van der Waals surface area contributed by atoms with E-state index in [0.29, 0.717) is 5.69 Å². The molecule has 1 amide bonds. The van der Waals surface area contributed by atoms with Gasteiger partial charge in [0.1, 0.15) is 5.69 Å². The molecule has 1 unspecified atom stereocenters. The highest BCUT2D eigenvalue weighted by Gasteiger charge is 2.20. The van der Waals surface area contributed by atoms with Gasteiger partial charge in [0.2, 0.25) is 0 Å². The van der Waals surface area contributed by atoms with Crippen LogP contribution < -0.4 is 5.32 Å². The van der Waals surface area contributed by atoms with E-state index in [0.717, 1.165) is 11.4 Å². The van der Waals surface area contributed by atoms with Gasteiger partial charge in [0.15, 0.2) is 0 Å². The lowest BCUT2D eigenvalue weighted by Gasteiger charge is -2.21. The van der Waals surface area contributed by atoms with E-state index in [2.05, 4.69) is 20.3 Å². The SMILES string of the molecule is Cc1cnc(C(=O)NC(c2ccccn2)C(C)C)cn1. The number of amides is 1. The van der Waals surface area contributed by atoms with Crippen molar-refractivity contribution in [3.05, 3.63) is 53.9 Å². The summed E-state index contributed by atoms with van der Waals surface area (Å²) in [7, 11) is 0. The zero-order valence-electron chi connectivity index (χ0n) is 11.9. The second-order valence-electron chi connectivity index (χ2n) is 4.99. The van der Waals surface area contributed by atoms with Crippen molar-refractivity contribution in [2.75, 3.05) is 0 Å². The Balaban J connectivity index is 2.17. The Hall–Kier alpha value is -2.30. The van der Waals surface area contributed by atoms with E-state index in [1.807, 2.05) is 39.0 Å². The van der Waals surface area contributed by atoms with Crippen LogP contribution in [0.25, 0.3) is 0 Å². The highest BCUT2D eigenvalue weighted by atomic mass is 16.1. The average Bonchev–Trinajstić information content (AvgIpc) is 2.46. The van der Waals surface area contributed by atoms with E-state index in [-0.39, 0.29) is 17.9 Å². The molecule has 5 nitrogen and oxygen atoms in total. The minimum absolute atomic E-state index is 0.146. The highest BCUT2D eigenvalue weighted by Crippen LogP contribution is 2.19. The second kappa shape index (κ2) is 6.23. The number of nitrogens with zero attached hydrogens (tertiary/aromatic N) is 3. The van der Waals surface area contributed by atoms with Crippen LogP contribution in [0.15, 0.2) is 36.8 Å². The molecule has 0 aliphatic carbocycles. The number of carbonyl (C=O) groups is 1. The second-order valence-corrected chi connectivity index (χ2v) is 4.99. The van der Waals surface area contributed by atoms with Crippen LogP contribution in [0.2, 0.25) is 0 Å². The number of hydrogen-bond donors (Lipinski definition) is 1. The highest BCUT2D eigenvalue weighted by molar-refractivity contribution is 5.92. The molecule has 1 N–H and O–H groups in total. The van der Waals surface area contributed by atoms with E-state index >= 15 is 0 Å². The summed E-state index contributed by atoms with van der Waals surface area (Å²) in [5.74, 6) is -0.00545. The van der Waals surface area contributed by atoms with Crippen molar-refractivity contribution in [3.8, 4) is 0 Å². The zero-order chi connectivity index (χ0) is 14.5. The summed E-state index contributed by atoms with van der Waals surface area (Å²) >= 11 is 0. The van der Waals surface area contributed by atoms with E-state index in [1.54, 1.807) is 12.4 Å². The molecule has 0 saturated heterocycles. The smallest absolute Gasteiger partial charge is 0.272 e. The van der Waals surface area contributed by atoms with Crippen LogP contribution in [0.1, 0.15) is 41.8 Å². The van der Waals surface area contributed by atoms with Gasteiger partial charge < -0.3 is 5.32 Å². The largest absolute Gasteiger partial charge is 0.342 e. The molecule has 0 saturated carbocycles. The Morgan fingerprint density at radius 2 is 1.95 bits per heavy atom. The molecular formula is C15H18N4O. The summed E-state index contributed by atoms with van der Waals surface area (Å²) in [6.07, 6.45) is 4.79. The first kappa shape index (κ1) is 14.1. The number of nitrogens with one attached hydrogen (secondary N) is 1. The molecule has 0 bridgehead atoms. The molecule has 5 heteroatoms. The van der Waals surface area contributed by atoms with Gasteiger partial charge in [0, 0.05) is 12.4 Å². The fourth-order valence-electron chi connectivity index (χ4n) is 1.87. The van der Waals surface area contributed by atoms with Crippen molar-refractivity contribution in [1.29, 1.82) is 0 Å².